The van der Waals surface area contributed by atoms with E-state index >= 15 is 0 Å². The van der Waals surface area contributed by atoms with Crippen molar-refractivity contribution in [2.75, 3.05) is 37.6 Å². The van der Waals surface area contributed by atoms with Gasteiger partial charge in [-0.3, -0.25) is 24.6 Å². The smallest absolute Gasteiger partial charge is 0.303 e. The molecule has 4 unspecified atom stereocenters. The highest BCUT2D eigenvalue weighted by Crippen LogP contribution is 2.42. The van der Waals surface area contributed by atoms with Crippen molar-refractivity contribution in [3.8, 4) is 11.1 Å². The number of carboxylic acids is 1. The predicted octanol–water partition coefficient (Wildman–Crippen LogP) is 6.24. The average Bonchev–Trinajstić information content (AvgIpc) is 3.18. The van der Waals surface area contributed by atoms with Crippen LogP contribution in [0.1, 0.15) is 60.8 Å². The average molecular weight is 723 g/mol. The van der Waals surface area contributed by atoms with E-state index in [9.17, 15) is 24.8 Å². The summed E-state index contributed by atoms with van der Waals surface area (Å²) < 4.78 is 13.5. The number of anilines is 1. The lowest BCUT2D eigenvalue weighted by Crippen LogP contribution is -2.51. The quantitative estimate of drug-likeness (QED) is 0.101. The van der Waals surface area contributed by atoms with Crippen molar-refractivity contribution in [3.05, 3.63) is 129 Å². The molecule has 4 atom stereocenters. The van der Waals surface area contributed by atoms with Crippen LogP contribution in [-0.4, -0.2) is 70.7 Å². The van der Waals surface area contributed by atoms with E-state index in [4.69, 9.17) is 14.6 Å². The van der Waals surface area contributed by atoms with Crippen LogP contribution in [0, 0.1) is 16.0 Å². The summed E-state index contributed by atoms with van der Waals surface area (Å²) in [4.78, 5) is 38.4. The fourth-order valence-electron chi connectivity index (χ4n) is 6.97. The zero-order chi connectivity index (χ0) is 37.3. The molecule has 0 aromatic heterocycles. The van der Waals surface area contributed by atoms with Gasteiger partial charge in [0.25, 0.3) is 5.69 Å². The second-order valence-corrected chi connectivity index (χ2v) is 13.7. The molecule has 12 nitrogen and oxygen atoms in total. The van der Waals surface area contributed by atoms with Gasteiger partial charge in [-0.25, -0.2) is 0 Å². The number of hydrogen-bond acceptors (Lipinski definition) is 9. The largest absolute Gasteiger partial charge is 0.481 e. The third kappa shape index (κ3) is 9.85. The number of amides is 1. The molecule has 2 heterocycles. The summed E-state index contributed by atoms with van der Waals surface area (Å²) in [5.74, 6) is -1.06. The standard InChI is InChI=1S/C41H46N4O8/c1-28-37(26-43-19-21-44(22-20-43)35-15-17-36(18-16-35)45(50)51)52-41(53-40(28)31-13-11-29(27-46)12-14-31)34-8-3-7-33(24-34)32-6-2-5-30(23-32)25-42-38(47)9-4-10-39(48)49/h2-3,5-8,11-18,23-24,28,37,40-41,46H,4,9-10,19-22,25-27H2,1H3,(H,42,47)(H,48,49). The zero-order valence-corrected chi connectivity index (χ0v) is 29.8. The highest BCUT2D eigenvalue weighted by atomic mass is 16.7. The Morgan fingerprint density at radius 1 is 0.849 bits per heavy atom. The summed E-state index contributed by atoms with van der Waals surface area (Å²) in [5, 5.41) is 32.5. The molecule has 12 heteroatoms. The van der Waals surface area contributed by atoms with E-state index in [0.29, 0.717) is 19.5 Å². The molecule has 53 heavy (non-hydrogen) atoms. The summed E-state index contributed by atoms with van der Waals surface area (Å²) >= 11 is 0. The molecule has 0 spiro atoms. The molecule has 278 valence electrons. The predicted molar refractivity (Wildman–Crippen MR) is 200 cm³/mol. The Labute approximate surface area is 309 Å². The third-order valence-electron chi connectivity index (χ3n) is 10.1. The molecule has 4 aromatic rings. The van der Waals surface area contributed by atoms with Crippen LogP contribution in [0.15, 0.2) is 97.1 Å². The minimum Gasteiger partial charge on any atom is -0.481 e. The van der Waals surface area contributed by atoms with E-state index in [1.165, 1.54) is 0 Å². The van der Waals surface area contributed by atoms with Crippen LogP contribution in [0.25, 0.3) is 11.1 Å². The van der Waals surface area contributed by atoms with Gasteiger partial charge in [0.1, 0.15) is 0 Å². The van der Waals surface area contributed by atoms with Gasteiger partial charge >= 0.3 is 5.97 Å². The first kappa shape index (κ1) is 37.6. The summed E-state index contributed by atoms with van der Waals surface area (Å²) in [7, 11) is 0. The summed E-state index contributed by atoms with van der Waals surface area (Å²) in [6, 6.07) is 30.7. The van der Waals surface area contributed by atoms with E-state index < -0.39 is 12.3 Å². The minimum atomic E-state index is -0.911. The topological polar surface area (TPSA) is 155 Å². The Bertz CT molecular complexity index is 1860. The molecular weight excluding hydrogens is 676 g/mol. The Kier molecular flexibility index (Phi) is 12.5. The Morgan fingerprint density at radius 3 is 2.23 bits per heavy atom. The van der Waals surface area contributed by atoms with Gasteiger partial charge in [0.05, 0.1) is 23.7 Å². The van der Waals surface area contributed by atoms with Crippen molar-refractivity contribution < 1.29 is 34.2 Å². The Morgan fingerprint density at radius 2 is 1.55 bits per heavy atom. The van der Waals surface area contributed by atoms with Gasteiger partial charge in [-0.1, -0.05) is 67.6 Å². The SMILES string of the molecule is CC1C(CN2CCN(c3ccc([N+](=O)[O-])cc3)CC2)OC(c2cccc(-c3cccc(CNC(=O)CCCC(=O)O)c3)c2)OC1c1ccc(CO)cc1. The molecule has 4 aromatic carbocycles. The molecule has 0 radical (unpaired) electrons. The molecule has 2 aliphatic rings. The molecule has 0 saturated carbocycles. The van der Waals surface area contributed by atoms with Crippen LogP contribution in [0.4, 0.5) is 11.4 Å². The number of nitrogens with zero attached hydrogens (tertiary/aromatic N) is 3. The van der Waals surface area contributed by atoms with Gasteiger partial charge in [-0.2, -0.15) is 0 Å². The van der Waals surface area contributed by atoms with Crippen LogP contribution in [0.3, 0.4) is 0 Å². The first-order valence-electron chi connectivity index (χ1n) is 18.1. The number of benzene rings is 4. The van der Waals surface area contributed by atoms with Gasteiger partial charge < -0.3 is 29.9 Å². The number of piperazine rings is 1. The number of rotatable bonds is 14. The number of aliphatic hydroxyl groups is 1. The number of aliphatic carboxylic acids is 1. The van der Waals surface area contributed by atoms with Crippen molar-refractivity contribution in [3.63, 3.8) is 0 Å². The van der Waals surface area contributed by atoms with Gasteiger partial charge in [0.15, 0.2) is 6.29 Å². The Hall–Kier alpha value is -5.14. The molecule has 3 N–H and O–H groups in total. The number of carboxylic acid groups (broad SMARTS) is 1. The number of aliphatic hydroxyl groups excluding tert-OH is 1. The lowest BCUT2D eigenvalue weighted by Gasteiger charge is -2.44. The van der Waals surface area contributed by atoms with Gasteiger partial charge in [0, 0.05) is 81.4 Å². The number of nitro benzene ring substituents is 1. The Balaban J connectivity index is 1.16. The molecule has 2 aliphatic heterocycles. The first-order chi connectivity index (χ1) is 25.7. The number of nitro groups is 1. The zero-order valence-electron chi connectivity index (χ0n) is 29.8. The summed E-state index contributed by atoms with van der Waals surface area (Å²) in [5.41, 5.74) is 6.68. The van der Waals surface area contributed by atoms with Crippen LogP contribution in [0.2, 0.25) is 0 Å². The summed E-state index contributed by atoms with van der Waals surface area (Å²) in [6.45, 7) is 6.40. The molecular formula is C41H46N4O8. The van der Waals surface area contributed by atoms with Gasteiger partial charge in [-0.05, 0) is 58.5 Å². The molecule has 1 amide bonds. The van der Waals surface area contributed by atoms with Gasteiger partial charge in [0.2, 0.25) is 5.91 Å². The normalized spacial score (nSPS) is 20.5. The fraction of sp³-hybridized carbons (Fsp3) is 0.366. The molecule has 2 fully saturated rings. The number of carbonyl (C=O) groups excluding carboxylic acids is 1. The van der Waals surface area contributed by atoms with E-state index in [1.54, 1.807) is 12.1 Å². The van der Waals surface area contributed by atoms with Crippen LogP contribution < -0.4 is 10.2 Å². The minimum absolute atomic E-state index is 0.0260. The van der Waals surface area contributed by atoms with E-state index in [1.807, 2.05) is 78.9 Å². The van der Waals surface area contributed by atoms with Gasteiger partial charge in [-0.15, -0.1) is 0 Å². The fourth-order valence-corrected chi connectivity index (χ4v) is 6.97. The van der Waals surface area contributed by atoms with Crippen molar-refractivity contribution in [1.82, 2.24) is 10.2 Å². The van der Waals surface area contributed by atoms with E-state index in [2.05, 4.69) is 28.1 Å². The third-order valence-corrected chi connectivity index (χ3v) is 10.1. The molecule has 0 bridgehead atoms. The van der Waals surface area contributed by atoms with Crippen molar-refractivity contribution >= 4 is 23.3 Å². The number of non-ortho nitro benzene ring substituents is 1. The van der Waals surface area contributed by atoms with Crippen molar-refractivity contribution in [2.45, 2.75) is 57.8 Å². The maximum atomic E-state index is 12.2. The maximum Gasteiger partial charge on any atom is 0.303 e. The molecule has 0 aliphatic carbocycles. The van der Waals surface area contributed by atoms with Crippen LogP contribution >= 0.6 is 0 Å². The molecule has 6 rings (SSSR count). The second-order valence-electron chi connectivity index (χ2n) is 13.7. The van der Waals surface area contributed by atoms with E-state index in [0.717, 1.165) is 65.2 Å². The van der Waals surface area contributed by atoms with Crippen molar-refractivity contribution in [2.24, 2.45) is 5.92 Å². The maximum absolute atomic E-state index is 12.2. The number of nitrogens with one attached hydrogen (secondary N) is 1. The lowest BCUT2D eigenvalue weighted by atomic mass is 9.89. The van der Waals surface area contributed by atoms with Crippen molar-refractivity contribution in [1.29, 1.82) is 0 Å². The number of hydrogen-bond donors (Lipinski definition) is 3. The first-order valence-corrected chi connectivity index (χ1v) is 18.1. The number of ether oxygens (including phenoxy) is 2. The van der Waals surface area contributed by atoms with Crippen LogP contribution in [-0.2, 0) is 32.2 Å². The number of carbonyl (C=O) groups is 2. The lowest BCUT2D eigenvalue weighted by molar-refractivity contribution is -0.384. The van der Waals surface area contributed by atoms with Crippen LogP contribution in [0.5, 0.6) is 0 Å². The second kappa shape index (κ2) is 17.6. The molecule has 2 saturated heterocycles. The summed E-state index contributed by atoms with van der Waals surface area (Å²) in [6.07, 6.45) is -0.595. The van der Waals surface area contributed by atoms with E-state index in [-0.39, 0.29) is 54.1 Å². The monoisotopic (exact) mass is 722 g/mol. The highest BCUT2D eigenvalue weighted by Gasteiger charge is 2.39. The highest BCUT2D eigenvalue weighted by molar-refractivity contribution is 5.76.